The van der Waals surface area contributed by atoms with Gasteiger partial charge in [0.2, 0.25) is 0 Å². The van der Waals surface area contributed by atoms with E-state index < -0.39 is 0 Å². The molecule has 1 aliphatic carbocycles. The lowest BCUT2D eigenvalue weighted by molar-refractivity contribution is 0.0270. The van der Waals surface area contributed by atoms with Crippen LogP contribution >= 0.6 is 0 Å². The Hall–Kier alpha value is -0.930. The molecule has 0 aromatic heterocycles. The normalized spacial score (nSPS) is 31.4. The third-order valence-corrected chi connectivity index (χ3v) is 5.12. The van der Waals surface area contributed by atoms with Crippen molar-refractivity contribution in [2.24, 2.45) is 5.92 Å². The Kier molecular flexibility index (Phi) is 3.83. The standard InChI is InChI=1S/C17H25FN2/c1-3-16-11-20(10-13-5-4-6-15(18)9-13)17(2,12-19-16)14-7-8-14/h4-6,9,14,16,19H,3,7-8,10-12H2,1-2H3. The van der Waals surface area contributed by atoms with Crippen LogP contribution in [-0.2, 0) is 6.54 Å². The van der Waals surface area contributed by atoms with Crippen molar-refractivity contribution in [2.45, 2.75) is 51.2 Å². The van der Waals surface area contributed by atoms with Crippen molar-refractivity contribution in [3.8, 4) is 0 Å². The van der Waals surface area contributed by atoms with E-state index in [1.807, 2.05) is 12.1 Å². The molecule has 20 heavy (non-hydrogen) atoms. The van der Waals surface area contributed by atoms with Crippen LogP contribution in [0, 0.1) is 11.7 Å². The number of nitrogens with zero attached hydrogens (tertiary/aromatic N) is 1. The molecule has 2 atom stereocenters. The highest BCUT2D eigenvalue weighted by molar-refractivity contribution is 5.17. The highest BCUT2D eigenvalue weighted by atomic mass is 19.1. The third-order valence-electron chi connectivity index (χ3n) is 5.12. The van der Waals surface area contributed by atoms with Gasteiger partial charge in [-0.3, -0.25) is 4.90 Å². The zero-order chi connectivity index (χ0) is 14.2. The summed E-state index contributed by atoms with van der Waals surface area (Å²) < 4.78 is 13.4. The molecule has 1 saturated heterocycles. The summed E-state index contributed by atoms with van der Waals surface area (Å²) in [5, 5.41) is 3.69. The molecule has 2 aliphatic rings. The Morgan fingerprint density at radius 1 is 1.40 bits per heavy atom. The number of rotatable bonds is 4. The molecule has 1 N–H and O–H groups in total. The topological polar surface area (TPSA) is 15.3 Å². The van der Waals surface area contributed by atoms with E-state index in [0.717, 1.165) is 37.5 Å². The van der Waals surface area contributed by atoms with Crippen LogP contribution in [0.2, 0.25) is 0 Å². The van der Waals surface area contributed by atoms with E-state index in [-0.39, 0.29) is 11.4 Å². The molecular weight excluding hydrogens is 251 g/mol. The largest absolute Gasteiger partial charge is 0.311 e. The van der Waals surface area contributed by atoms with Crippen LogP contribution in [0.25, 0.3) is 0 Å². The molecule has 1 aliphatic heterocycles. The van der Waals surface area contributed by atoms with E-state index >= 15 is 0 Å². The number of piperazine rings is 1. The fourth-order valence-corrected chi connectivity index (χ4v) is 3.48. The van der Waals surface area contributed by atoms with Gasteiger partial charge in [0, 0.05) is 31.2 Å². The minimum atomic E-state index is -0.127. The molecule has 1 aromatic rings. The van der Waals surface area contributed by atoms with E-state index in [4.69, 9.17) is 0 Å². The third kappa shape index (κ3) is 2.75. The van der Waals surface area contributed by atoms with Crippen LogP contribution in [0.15, 0.2) is 24.3 Å². The van der Waals surface area contributed by atoms with Crippen LogP contribution in [-0.4, -0.2) is 29.6 Å². The van der Waals surface area contributed by atoms with Crippen LogP contribution in [0.4, 0.5) is 4.39 Å². The number of halogens is 1. The van der Waals surface area contributed by atoms with Gasteiger partial charge in [0.05, 0.1) is 0 Å². The van der Waals surface area contributed by atoms with Crippen molar-refractivity contribution >= 4 is 0 Å². The highest BCUT2D eigenvalue weighted by Crippen LogP contribution is 2.44. The van der Waals surface area contributed by atoms with Crippen LogP contribution < -0.4 is 5.32 Å². The van der Waals surface area contributed by atoms with Gasteiger partial charge in [-0.15, -0.1) is 0 Å². The van der Waals surface area contributed by atoms with Crippen LogP contribution in [0.1, 0.15) is 38.7 Å². The van der Waals surface area contributed by atoms with E-state index in [1.54, 1.807) is 6.07 Å². The van der Waals surface area contributed by atoms with Gasteiger partial charge in [0.1, 0.15) is 5.82 Å². The molecule has 110 valence electrons. The summed E-state index contributed by atoms with van der Waals surface area (Å²) >= 11 is 0. The van der Waals surface area contributed by atoms with Crippen molar-refractivity contribution in [1.82, 2.24) is 10.2 Å². The summed E-state index contributed by atoms with van der Waals surface area (Å²) in [4.78, 5) is 2.59. The molecule has 0 spiro atoms. The molecule has 1 aromatic carbocycles. The lowest BCUT2D eigenvalue weighted by Crippen LogP contribution is -2.63. The quantitative estimate of drug-likeness (QED) is 0.908. The summed E-state index contributed by atoms with van der Waals surface area (Å²) in [6, 6.07) is 7.63. The van der Waals surface area contributed by atoms with Crippen molar-refractivity contribution in [3.63, 3.8) is 0 Å². The molecule has 3 heteroatoms. The summed E-state index contributed by atoms with van der Waals surface area (Å²) in [6.07, 6.45) is 3.84. The molecule has 2 fully saturated rings. The first-order chi connectivity index (χ1) is 9.61. The Morgan fingerprint density at radius 2 is 2.20 bits per heavy atom. The van der Waals surface area contributed by atoms with Gasteiger partial charge < -0.3 is 5.32 Å². The van der Waals surface area contributed by atoms with E-state index in [2.05, 4.69) is 24.1 Å². The predicted octanol–water partition coefficient (Wildman–Crippen LogP) is 3.18. The maximum atomic E-state index is 13.4. The van der Waals surface area contributed by atoms with Crippen molar-refractivity contribution in [2.75, 3.05) is 13.1 Å². The summed E-state index contributed by atoms with van der Waals surface area (Å²) in [5.41, 5.74) is 1.33. The maximum absolute atomic E-state index is 13.4. The minimum Gasteiger partial charge on any atom is -0.311 e. The van der Waals surface area contributed by atoms with Gasteiger partial charge in [-0.05, 0) is 49.8 Å². The monoisotopic (exact) mass is 276 g/mol. The van der Waals surface area contributed by atoms with Crippen molar-refractivity contribution < 1.29 is 4.39 Å². The number of hydrogen-bond donors (Lipinski definition) is 1. The second-order valence-corrected chi connectivity index (χ2v) is 6.63. The van der Waals surface area contributed by atoms with Gasteiger partial charge in [-0.2, -0.15) is 0 Å². The molecule has 1 heterocycles. The van der Waals surface area contributed by atoms with Crippen LogP contribution in [0.5, 0.6) is 0 Å². The lowest BCUT2D eigenvalue weighted by Gasteiger charge is -2.48. The average Bonchev–Trinajstić information content (AvgIpc) is 3.26. The van der Waals surface area contributed by atoms with Crippen molar-refractivity contribution in [3.05, 3.63) is 35.6 Å². The van der Waals surface area contributed by atoms with E-state index in [1.165, 1.54) is 18.9 Å². The molecule has 3 rings (SSSR count). The van der Waals surface area contributed by atoms with Gasteiger partial charge >= 0.3 is 0 Å². The summed E-state index contributed by atoms with van der Waals surface area (Å²) in [5.74, 6) is 0.680. The van der Waals surface area contributed by atoms with Crippen LogP contribution in [0.3, 0.4) is 0 Å². The first-order valence-electron chi connectivity index (χ1n) is 7.84. The van der Waals surface area contributed by atoms with E-state index in [0.29, 0.717) is 6.04 Å². The molecule has 0 amide bonds. The Bertz CT molecular complexity index is 472. The first kappa shape index (κ1) is 14.0. The fourth-order valence-electron chi connectivity index (χ4n) is 3.48. The minimum absolute atomic E-state index is 0.127. The Labute approximate surface area is 121 Å². The molecule has 0 radical (unpaired) electrons. The van der Waals surface area contributed by atoms with Gasteiger partial charge in [-0.25, -0.2) is 4.39 Å². The predicted molar refractivity (Wildman–Crippen MR) is 80.0 cm³/mol. The summed E-state index contributed by atoms with van der Waals surface area (Å²) in [6.45, 7) is 7.61. The Morgan fingerprint density at radius 3 is 2.85 bits per heavy atom. The molecule has 1 saturated carbocycles. The molecular formula is C17H25FN2. The summed E-state index contributed by atoms with van der Waals surface area (Å²) in [7, 11) is 0. The molecule has 0 bridgehead atoms. The highest BCUT2D eigenvalue weighted by Gasteiger charge is 2.47. The first-order valence-corrected chi connectivity index (χ1v) is 7.84. The zero-order valence-electron chi connectivity index (χ0n) is 12.5. The zero-order valence-corrected chi connectivity index (χ0v) is 12.5. The number of benzene rings is 1. The fraction of sp³-hybridized carbons (Fsp3) is 0.647. The number of nitrogens with one attached hydrogen (secondary N) is 1. The Balaban J connectivity index is 1.78. The second kappa shape index (κ2) is 5.45. The average molecular weight is 276 g/mol. The van der Waals surface area contributed by atoms with Crippen molar-refractivity contribution in [1.29, 1.82) is 0 Å². The number of hydrogen-bond acceptors (Lipinski definition) is 2. The second-order valence-electron chi connectivity index (χ2n) is 6.63. The lowest BCUT2D eigenvalue weighted by atomic mass is 9.88. The van der Waals surface area contributed by atoms with Gasteiger partial charge in [0.15, 0.2) is 0 Å². The molecule has 2 nitrogen and oxygen atoms in total. The SMILES string of the molecule is CCC1CN(Cc2cccc(F)c2)C(C)(C2CC2)CN1. The maximum Gasteiger partial charge on any atom is 0.123 e. The smallest absolute Gasteiger partial charge is 0.123 e. The van der Waals surface area contributed by atoms with E-state index in [9.17, 15) is 4.39 Å². The van der Waals surface area contributed by atoms with Gasteiger partial charge in [-0.1, -0.05) is 19.1 Å². The molecule has 2 unspecified atom stereocenters. The van der Waals surface area contributed by atoms with Gasteiger partial charge in [0.25, 0.3) is 0 Å².